The first kappa shape index (κ1) is 22.3. The molecule has 1 unspecified atom stereocenters. The predicted octanol–water partition coefficient (Wildman–Crippen LogP) is 2.02. The summed E-state index contributed by atoms with van der Waals surface area (Å²) in [6.45, 7) is 6.15. The Morgan fingerprint density at radius 2 is 2.00 bits per heavy atom. The van der Waals surface area contributed by atoms with Gasteiger partial charge in [0, 0.05) is 32.4 Å². The highest BCUT2D eigenvalue weighted by Crippen LogP contribution is 2.15. The average molecular weight is 376 g/mol. The van der Waals surface area contributed by atoms with E-state index >= 15 is 0 Å². The van der Waals surface area contributed by atoms with Crippen LogP contribution in [0.15, 0.2) is 4.99 Å². The van der Waals surface area contributed by atoms with Crippen molar-refractivity contribution in [3.63, 3.8) is 0 Å². The second-order valence-corrected chi connectivity index (χ2v) is 6.73. The molecule has 1 rings (SSSR count). The summed E-state index contributed by atoms with van der Waals surface area (Å²) in [5, 5.41) is 10.9. The standard InChI is InChI=1S/C17H31F3N6/c1-12(10-15-13(2)24-26(6)14(15)3)23-16(21-4)22-8-7-9-25(5)11-17(18,19)20/h12H,7-11H2,1-6H3,(H2,21,22,23). The number of nitrogens with zero attached hydrogens (tertiary/aromatic N) is 4. The van der Waals surface area contributed by atoms with Crippen molar-refractivity contribution in [2.45, 2.75) is 45.8 Å². The van der Waals surface area contributed by atoms with Crippen LogP contribution in [0.5, 0.6) is 0 Å². The molecule has 150 valence electrons. The van der Waals surface area contributed by atoms with Crippen LogP contribution in [-0.4, -0.2) is 66.6 Å². The molecule has 0 saturated heterocycles. The fourth-order valence-corrected chi connectivity index (χ4v) is 2.84. The predicted molar refractivity (Wildman–Crippen MR) is 98.5 cm³/mol. The number of guanidine groups is 1. The van der Waals surface area contributed by atoms with E-state index in [2.05, 4.69) is 27.6 Å². The van der Waals surface area contributed by atoms with Crippen LogP contribution in [0.3, 0.4) is 0 Å². The Bertz CT molecular complexity index is 594. The lowest BCUT2D eigenvalue weighted by Crippen LogP contribution is -2.44. The smallest absolute Gasteiger partial charge is 0.356 e. The van der Waals surface area contributed by atoms with Crippen LogP contribution < -0.4 is 10.6 Å². The molecule has 0 aliphatic carbocycles. The number of halogens is 3. The second-order valence-electron chi connectivity index (χ2n) is 6.73. The molecule has 0 bridgehead atoms. The molecule has 0 aromatic carbocycles. The molecule has 2 N–H and O–H groups in total. The highest BCUT2D eigenvalue weighted by atomic mass is 19.4. The minimum atomic E-state index is -4.15. The molecule has 1 aromatic heterocycles. The lowest BCUT2D eigenvalue weighted by atomic mass is 10.1. The van der Waals surface area contributed by atoms with E-state index in [1.807, 2.05) is 25.6 Å². The van der Waals surface area contributed by atoms with Crippen molar-refractivity contribution in [2.24, 2.45) is 12.0 Å². The average Bonchev–Trinajstić information content (AvgIpc) is 2.75. The van der Waals surface area contributed by atoms with E-state index in [1.165, 1.54) is 17.5 Å². The quantitative estimate of drug-likeness (QED) is 0.414. The number of aromatic nitrogens is 2. The minimum Gasteiger partial charge on any atom is -0.356 e. The Balaban J connectivity index is 2.38. The molecule has 0 aliphatic rings. The van der Waals surface area contributed by atoms with E-state index in [4.69, 9.17) is 0 Å². The van der Waals surface area contributed by atoms with Crippen molar-refractivity contribution in [1.82, 2.24) is 25.3 Å². The maximum Gasteiger partial charge on any atom is 0.401 e. The summed E-state index contributed by atoms with van der Waals surface area (Å²) in [5.41, 5.74) is 3.39. The zero-order chi connectivity index (χ0) is 19.9. The van der Waals surface area contributed by atoms with Crippen LogP contribution in [0.1, 0.15) is 30.3 Å². The molecule has 0 fully saturated rings. The number of hydrogen-bond donors (Lipinski definition) is 2. The zero-order valence-corrected chi connectivity index (χ0v) is 16.5. The number of aryl methyl sites for hydroxylation is 2. The van der Waals surface area contributed by atoms with Crippen molar-refractivity contribution >= 4 is 5.96 Å². The summed E-state index contributed by atoms with van der Waals surface area (Å²) in [6, 6.07) is 0.149. The molecule has 1 heterocycles. The van der Waals surface area contributed by atoms with Crippen LogP contribution in [0, 0.1) is 13.8 Å². The summed E-state index contributed by atoms with van der Waals surface area (Å²) in [5.74, 6) is 0.648. The first-order valence-electron chi connectivity index (χ1n) is 8.75. The van der Waals surface area contributed by atoms with Gasteiger partial charge in [-0.15, -0.1) is 0 Å². The number of rotatable bonds is 8. The third kappa shape index (κ3) is 7.63. The van der Waals surface area contributed by atoms with Gasteiger partial charge < -0.3 is 10.6 Å². The van der Waals surface area contributed by atoms with Crippen molar-refractivity contribution < 1.29 is 13.2 Å². The summed E-state index contributed by atoms with van der Waals surface area (Å²) in [4.78, 5) is 5.45. The molecule has 1 atom stereocenters. The Kier molecular flexibility index (Phi) is 8.39. The molecule has 0 saturated carbocycles. The molecule has 0 amide bonds. The monoisotopic (exact) mass is 376 g/mol. The van der Waals surface area contributed by atoms with Gasteiger partial charge in [-0.05, 0) is 52.8 Å². The van der Waals surface area contributed by atoms with Gasteiger partial charge in [0.05, 0.1) is 12.2 Å². The van der Waals surface area contributed by atoms with E-state index in [0.717, 1.165) is 17.8 Å². The Morgan fingerprint density at radius 3 is 2.50 bits per heavy atom. The number of alkyl halides is 3. The molecule has 26 heavy (non-hydrogen) atoms. The van der Waals surface area contributed by atoms with Crippen LogP contribution in [0.4, 0.5) is 13.2 Å². The number of hydrogen-bond acceptors (Lipinski definition) is 3. The Morgan fingerprint density at radius 1 is 1.35 bits per heavy atom. The van der Waals surface area contributed by atoms with Gasteiger partial charge in [-0.25, -0.2) is 0 Å². The van der Waals surface area contributed by atoms with Gasteiger partial charge in [-0.2, -0.15) is 18.3 Å². The van der Waals surface area contributed by atoms with Gasteiger partial charge in [-0.3, -0.25) is 14.6 Å². The van der Waals surface area contributed by atoms with Crippen LogP contribution >= 0.6 is 0 Å². The van der Waals surface area contributed by atoms with Gasteiger partial charge in [0.2, 0.25) is 0 Å². The van der Waals surface area contributed by atoms with Gasteiger partial charge in [0.1, 0.15) is 0 Å². The van der Waals surface area contributed by atoms with Gasteiger partial charge in [-0.1, -0.05) is 0 Å². The summed E-state index contributed by atoms with van der Waals surface area (Å²) >= 11 is 0. The van der Waals surface area contributed by atoms with Crippen molar-refractivity contribution in [3.05, 3.63) is 17.0 Å². The molecule has 0 aliphatic heterocycles. The summed E-state index contributed by atoms with van der Waals surface area (Å²) < 4.78 is 38.7. The SMILES string of the molecule is CN=C(NCCCN(C)CC(F)(F)F)NC(C)Cc1c(C)nn(C)c1C. The van der Waals surface area contributed by atoms with Crippen molar-refractivity contribution in [1.29, 1.82) is 0 Å². The maximum absolute atomic E-state index is 12.3. The summed E-state index contributed by atoms with van der Waals surface area (Å²) in [7, 11) is 5.08. The normalized spacial score (nSPS) is 14.0. The van der Waals surface area contributed by atoms with Gasteiger partial charge >= 0.3 is 6.18 Å². The van der Waals surface area contributed by atoms with E-state index in [0.29, 0.717) is 25.5 Å². The maximum atomic E-state index is 12.3. The largest absolute Gasteiger partial charge is 0.401 e. The van der Waals surface area contributed by atoms with Crippen LogP contribution in [0.25, 0.3) is 0 Å². The van der Waals surface area contributed by atoms with Crippen molar-refractivity contribution in [3.8, 4) is 0 Å². The van der Waals surface area contributed by atoms with E-state index in [9.17, 15) is 13.2 Å². The minimum absolute atomic E-state index is 0.149. The lowest BCUT2D eigenvalue weighted by Gasteiger charge is -2.20. The molecule has 1 aromatic rings. The Hall–Kier alpha value is -1.77. The molecule has 0 radical (unpaired) electrons. The highest BCUT2D eigenvalue weighted by Gasteiger charge is 2.28. The first-order chi connectivity index (χ1) is 12.0. The first-order valence-corrected chi connectivity index (χ1v) is 8.75. The van der Waals surface area contributed by atoms with Gasteiger partial charge in [0.15, 0.2) is 5.96 Å². The van der Waals surface area contributed by atoms with Crippen LogP contribution in [-0.2, 0) is 13.5 Å². The lowest BCUT2D eigenvalue weighted by molar-refractivity contribution is -0.143. The fraction of sp³-hybridized carbons (Fsp3) is 0.765. The molecule has 6 nitrogen and oxygen atoms in total. The van der Waals surface area contributed by atoms with E-state index in [-0.39, 0.29) is 6.04 Å². The molecule has 9 heteroatoms. The number of nitrogens with one attached hydrogen (secondary N) is 2. The van der Waals surface area contributed by atoms with Gasteiger partial charge in [0.25, 0.3) is 0 Å². The third-order valence-electron chi connectivity index (χ3n) is 4.23. The molecular formula is C17H31F3N6. The Labute approximate surface area is 153 Å². The fourth-order valence-electron chi connectivity index (χ4n) is 2.84. The molecular weight excluding hydrogens is 345 g/mol. The van der Waals surface area contributed by atoms with E-state index < -0.39 is 12.7 Å². The number of aliphatic imine (C=N–C) groups is 1. The van der Waals surface area contributed by atoms with E-state index in [1.54, 1.807) is 7.05 Å². The van der Waals surface area contributed by atoms with Crippen molar-refractivity contribution in [2.75, 3.05) is 33.7 Å². The topological polar surface area (TPSA) is 57.5 Å². The molecule has 0 spiro atoms. The second kappa shape index (κ2) is 9.80. The summed E-state index contributed by atoms with van der Waals surface area (Å²) in [6.07, 6.45) is -2.74. The third-order valence-corrected chi connectivity index (χ3v) is 4.23. The van der Waals surface area contributed by atoms with Crippen LogP contribution in [0.2, 0.25) is 0 Å². The highest BCUT2D eigenvalue weighted by molar-refractivity contribution is 5.79. The zero-order valence-electron chi connectivity index (χ0n) is 16.5.